The van der Waals surface area contributed by atoms with Crippen LogP contribution in [0.3, 0.4) is 0 Å². The molecule has 8 aliphatic rings. The van der Waals surface area contributed by atoms with Crippen molar-refractivity contribution in [2.75, 3.05) is 115 Å². The third-order valence-electron chi connectivity index (χ3n) is 22.8. The van der Waals surface area contributed by atoms with Crippen LogP contribution in [0, 0.1) is 23.7 Å². The molecular weight excluding hydrogens is 1370 g/mol. The van der Waals surface area contributed by atoms with Gasteiger partial charge in [0, 0.05) is 97.4 Å². The number of nitrogens with one attached hydrogen (secondary N) is 2. The highest BCUT2D eigenvalue weighted by Gasteiger charge is 2.47. The topological polar surface area (TPSA) is 217 Å². The maximum atomic E-state index is 13.8. The third kappa shape index (κ3) is 18.9. The van der Waals surface area contributed by atoms with Gasteiger partial charge in [0.25, 0.3) is 11.8 Å². The van der Waals surface area contributed by atoms with Gasteiger partial charge < -0.3 is 39.0 Å². The number of aliphatic hydroxyl groups is 2. The summed E-state index contributed by atoms with van der Waals surface area (Å²) in [5.74, 6) is 0.836. The van der Waals surface area contributed by atoms with Crippen LogP contribution < -0.4 is 28.7 Å². The number of carbonyl (C=O) groups excluding carboxylic acids is 2. The number of morpholine rings is 2. The summed E-state index contributed by atoms with van der Waals surface area (Å²) in [7, 11) is -8.01. The molecule has 2 saturated carbocycles. The van der Waals surface area contributed by atoms with Crippen molar-refractivity contribution in [2.45, 2.75) is 163 Å². The molecule has 2 amide bonds. The first-order chi connectivity index (χ1) is 49.2. The fraction of sp³-hybridized carbons (Fsp3) is 0.575. The van der Waals surface area contributed by atoms with Crippen LogP contribution in [0.1, 0.15) is 160 Å². The number of aliphatic hydroxyl groups excluding tert-OH is 2. The van der Waals surface area contributed by atoms with Crippen LogP contribution in [0.15, 0.2) is 122 Å². The van der Waals surface area contributed by atoms with Gasteiger partial charge in [0.1, 0.15) is 11.5 Å². The van der Waals surface area contributed by atoms with Crippen molar-refractivity contribution < 1.29 is 55.6 Å². The summed E-state index contributed by atoms with van der Waals surface area (Å²) in [6.07, 6.45) is 26.0. The number of amides is 2. The van der Waals surface area contributed by atoms with Gasteiger partial charge in [-0.3, -0.25) is 19.4 Å². The van der Waals surface area contributed by atoms with Gasteiger partial charge in [-0.05, 0) is 209 Å². The van der Waals surface area contributed by atoms with Crippen LogP contribution in [-0.4, -0.2) is 176 Å². The number of hydrogen-bond donors (Lipinski definition) is 4. The average Bonchev–Trinajstić information content (AvgIpc) is 1.53. The van der Waals surface area contributed by atoms with E-state index >= 15 is 0 Å². The lowest BCUT2D eigenvalue weighted by molar-refractivity contribution is 0.0375. The largest absolute Gasteiger partial charge is 0.490 e. The molecular formula is C80H108Cl2N6O12S2. The molecule has 0 unspecified atom stereocenters. The number of rotatable bonds is 28. The van der Waals surface area contributed by atoms with E-state index in [-0.39, 0.29) is 45.6 Å². The number of unbranched alkanes of at least 4 members (excludes halogenated alkanes) is 2. The summed E-state index contributed by atoms with van der Waals surface area (Å²) in [5, 5.41) is 22.1. The minimum absolute atomic E-state index is 0.148. The van der Waals surface area contributed by atoms with E-state index in [1.54, 1.807) is 48.6 Å². The molecule has 4 fully saturated rings. The molecule has 102 heavy (non-hydrogen) atoms. The van der Waals surface area contributed by atoms with E-state index < -0.39 is 54.6 Å². The second-order valence-electron chi connectivity index (χ2n) is 29.7. The smallest absolute Gasteiger partial charge is 0.264 e. The van der Waals surface area contributed by atoms with E-state index in [4.69, 9.17) is 42.1 Å². The number of allylic oxidation sites excluding steroid dienone is 4. The molecule has 4 aromatic rings. The van der Waals surface area contributed by atoms with Gasteiger partial charge in [-0.25, -0.2) is 26.3 Å². The highest BCUT2D eigenvalue weighted by Crippen LogP contribution is 2.49. The normalized spacial score (nSPS) is 24.9. The number of sulfonamides is 2. The van der Waals surface area contributed by atoms with E-state index in [2.05, 4.69) is 92.5 Å². The molecule has 4 aliphatic carbocycles. The second kappa shape index (κ2) is 35.5. The zero-order valence-corrected chi connectivity index (χ0v) is 62.9. The Balaban J connectivity index is 0.000000205. The molecule has 556 valence electrons. The predicted molar refractivity (Wildman–Crippen MR) is 407 cm³/mol. The summed E-state index contributed by atoms with van der Waals surface area (Å²) in [6, 6.07) is 22.9. The SMILES string of the molecule is C=CCC[C@@H](CN1CCOCC1)S(=O)(=O)NC(=O)c1ccc2c(c1)N(C[C@@H]1CC[C@H]1[C@@H](O)/C=C/CCC)C[C@@]1(CCCc3cc(Cl)ccc31)CO2.C=CCC[C@H](CN1CCOCC1)S(=O)(=O)NC(=O)c1ccc2c(c1)N(C[C@@H]1CC[C@H]1[C@@H](O)/C=C/CCC)C[C@@]1(CCCc3cc(Cl)ccc31)CO2. The van der Waals surface area contributed by atoms with Crippen LogP contribution in [-0.2, 0) is 53.2 Å². The Morgan fingerprint density at radius 1 is 0.588 bits per heavy atom. The lowest BCUT2D eigenvalue weighted by Gasteiger charge is -2.45. The van der Waals surface area contributed by atoms with Crippen LogP contribution in [0.2, 0.25) is 10.0 Å². The fourth-order valence-electron chi connectivity index (χ4n) is 16.7. The number of ether oxygens (including phenoxy) is 4. The number of anilines is 2. The molecule has 10 atom stereocenters. The van der Waals surface area contributed by atoms with Crippen molar-refractivity contribution in [2.24, 2.45) is 23.7 Å². The molecule has 0 bridgehead atoms. The van der Waals surface area contributed by atoms with Gasteiger partial charge in [0.15, 0.2) is 0 Å². The molecule has 18 nitrogen and oxygen atoms in total. The first kappa shape index (κ1) is 77.3. The minimum atomic E-state index is -4.00. The number of halogens is 2. The molecule has 4 heterocycles. The maximum absolute atomic E-state index is 13.8. The molecule has 0 aromatic heterocycles. The predicted octanol–water partition coefficient (Wildman–Crippen LogP) is 12.6. The van der Waals surface area contributed by atoms with E-state index in [9.17, 15) is 36.6 Å². The van der Waals surface area contributed by atoms with Crippen molar-refractivity contribution in [3.05, 3.63) is 166 Å². The minimum Gasteiger partial charge on any atom is -0.490 e. The molecule has 4 N–H and O–H groups in total. The van der Waals surface area contributed by atoms with Gasteiger partial charge in [-0.2, -0.15) is 0 Å². The Bertz CT molecular complexity index is 3600. The molecule has 2 spiro atoms. The molecule has 2 saturated heterocycles. The molecule has 22 heteroatoms. The van der Waals surface area contributed by atoms with Crippen LogP contribution >= 0.6 is 23.2 Å². The zero-order valence-electron chi connectivity index (χ0n) is 59.8. The summed E-state index contributed by atoms with van der Waals surface area (Å²) in [4.78, 5) is 36.4. The van der Waals surface area contributed by atoms with Crippen molar-refractivity contribution in [1.29, 1.82) is 0 Å². The summed E-state index contributed by atoms with van der Waals surface area (Å²) >= 11 is 12.9. The zero-order chi connectivity index (χ0) is 72.0. The number of benzene rings is 4. The summed E-state index contributed by atoms with van der Waals surface area (Å²) in [5.41, 5.74) is 6.48. The fourth-order valence-corrected chi connectivity index (χ4v) is 19.9. The van der Waals surface area contributed by atoms with E-state index in [0.29, 0.717) is 142 Å². The van der Waals surface area contributed by atoms with Crippen molar-refractivity contribution >= 4 is 66.4 Å². The van der Waals surface area contributed by atoms with Gasteiger partial charge in [0.05, 0.1) is 73.7 Å². The van der Waals surface area contributed by atoms with Gasteiger partial charge in [0.2, 0.25) is 20.0 Å². The van der Waals surface area contributed by atoms with E-state index in [0.717, 1.165) is 111 Å². The van der Waals surface area contributed by atoms with Gasteiger partial charge in [-0.15, -0.1) is 13.2 Å². The number of nitrogens with zero attached hydrogens (tertiary/aromatic N) is 4. The Labute approximate surface area is 616 Å². The summed E-state index contributed by atoms with van der Waals surface area (Å²) in [6.45, 7) is 21.0. The quantitative estimate of drug-likeness (QED) is 0.0389. The number of aryl methyl sites for hydroxylation is 2. The first-order valence-corrected chi connectivity index (χ1v) is 41.3. The number of carbonyl (C=O) groups is 2. The Morgan fingerprint density at radius 3 is 1.37 bits per heavy atom. The number of hydrogen-bond acceptors (Lipinski definition) is 16. The second-order valence-corrected chi connectivity index (χ2v) is 34.5. The van der Waals surface area contributed by atoms with Gasteiger partial charge >= 0.3 is 0 Å². The van der Waals surface area contributed by atoms with Crippen LogP contribution in [0.4, 0.5) is 11.4 Å². The van der Waals surface area contributed by atoms with E-state index in [1.807, 2.05) is 24.3 Å². The van der Waals surface area contributed by atoms with E-state index in [1.165, 1.54) is 22.3 Å². The Kier molecular flexibility index (Phi) is 26.9. The average molecular weight is 1480 g/mol. The highest BCUT2D eigenvalue weighted by atomic mass is 35.5. The van der Waals surface area contributed by atoms with Crippen molar-refractivity contribution in [3.63, 3.8) is 0 Å². The van der Waals surface area contributed by atoms with Crippen LogP contribution in [0.5, 0.6) is 11.5 Å². The molecule has 4 aromatic carbocycles. The first-order valence-electron chi connectivity index (χ1n) is 37.5. The lowest BCUT2D eigenvalue weighted by atomic mass is 9.68. The van der Waals surface area contributed by atoms with Crippen LogP contribution in [0.25, 0.3) is 0 Å². The lowest BCUT2D eigenvalue weighted by Crippen LogP contribution is -2.49. The summed E-state index contributed by atoms with van der Waals surface area (Å²) < 4.78 is 83.9. The third-order valence-corrected chi connectivity index (χ3v) is 26.7. The standard InChI is InChI=1S/2C40H54ClN3O6S/c2*1-3-5-7-11-37(45)34-15-12-31(34)25-44-27-40(18-8-9-29-23-32(41)14-16-35(29)40)28-50-38-17-13-30(24-36(38)44)39(46)42-51(47,48)33(10-6-4-2)26-43-19-21-49-22-20-43/h2*4,7,11,13-14,16-17,23-24,31,33-34,37,45H,2-3,5-6,8-10,12,15,18-22,25-28H2,1H3,(H,42,46)/b2*11-7+/t31-,33+,34+,37-,40-;31-,33-,34+,37-,40-/m00/s1. The molecule has 4 aliphatic heterocycles. The van der Waals surface area contributed by atoms with Gasteiger partial charge in [-0.1, -0.05) is 98.5 Å². The maximum Gasteiger partial charge on any atom is 0.264 e. The number of fused-ring (bicyclic) bond motifs is 6. The monoisotopic (exact) mass is 1480 g/mol. The van der Waals surface area contributed by atoms with Crippen molar-refractivity contribution in [3.8, 4) is 11.5 Å². The highest BCUT2D eigenvalue weighted by molar-refractivity contribution is 7.91. The Morgan fingerprint density at radius 2 is 1.00 bits per heavy atom. The van der Waals surface area contributed by atoms with Crippen molar-refractivity contribution in [1.82, 2.24) is 19.2 Å². The molecule has 0 radical (unpaired) electrons. The molecule has 12 rings (SSSR count). The Hall–Kier alpha value is -5.78.